The second-order valence-corrected chi connectivity index (χ2v) is 3.45. The van der Waals surface area contributed by atoms with Gasteiger partial charge in [0, 0.05) is 0 Å². The molecule has 0 amide bonds. The van der Waals surface area contributed by atoms with E-state index in [9.17, 15) is 0 Å². The van der Waals surface area contributed by atoms with Crippen molar-refractivity contribution in [1.29, 1.82) is 0 Å². The Hall–Kier alpha value is 0. The molecule has 0 rings (SSSR count). The summed E-state index contributed by atoms with van der Waals surface area (Å²) in [5.74, 6) is 0.886. The van der Waals surface area contributed by atoms with Crippen molar-refractivity contribution in [1.82, 2.24) is 0 Å². The molecule has 0 heterocycles. The van der Waals surface area contributed by atoms with Crippen LogP contribution >= 0.6 is 0 Å². The molecule has 66 valence electrons. The minimum absolute atomic E-state index is 0.886. The van der Waals surface area contributed by atoms with Crippen LogP contribution < -0.4 is 0 Å². The first-order valence-electron chi connectivity index (χ1n) is 4.89. The summed E-state index contributed by atoms with van der Waals surface area (Å²) in [5, 5.41) is 0. The molecule has 0 spiro atoms. The van der Waals surface area contributed by atoms with Gasteiger partial charge in [0.1, 0.15) is 0 Å². The number of unbranched alkanes of at least 4 members (excludes halogenated alkanes) is 3. The van der Waals surface area contributed by atoms with Crippen LogP contribution in [0.3, 0.4) is 0 Å². The van der Waals surface area contributed by atoms with E-state index in [0.29, 0.717) is 0 Å². The molecule has 0 saturated heterocycles. The number of rotatable bonds is 7. The molecule has 0 aromatic carbocycles. The third-order valence-corrected chi connectivity index (χ3v) is 2.14. The highest BCUT2D eigenvalue weighted by Crippen LogP contribution is 2.14. The summed E-state index contributed by atoms with van der Waals surface area (Å²) in [6.45, 7) is 10.0. The summed E-state index contributed by atoms with van der Waals surface area (Å²) < 4.78 is 0. The van der Waals surface area contributed by atoms with Crippen LogP contribution in [0.4, 0.5) is 0 Å². The van der Waals surface area contributed by atoms with Crippen LogP contribution in [0.1, 0.15) is 51.9 Å². The van der Waals surface area contributed by atoms with E-state index < -0.39 is 0 Å². The zero-order valence-corrected chi connectivity index (χ0v) is 7.94. The minimum atomic E-state index is 0.886. The minimum Gasteiger partial charge on any atom is -0.0625 e. The van der Waals surface area contributed by atoms with Gasteiger partial charge in [-0.25, -0.2) is 0 Å². The van der Waals surface area contributed by atoms with Gasteiger partial charge in [-0.15, -0.1) is 0 Å². The fourth-order valence-corrected chi connectivity index (χ4v) is 1.34. The van der Waals surface area contributed by atoms with Crippen molar-refractivity contribution in [2.45, 2.75) is 51.9 Å². The fraction of sp³-hybridized carbons (Fsp3) is 0.818. The second kappa shape index (κ2) is 8.10. The van der Waals surface area contributed by atoms with Gasteiger partial charge in [0.05, 0.1) is 0 Å². The van der Waals surface area contributed by atoms with Crippen molar-refractivity contribution in [3.63, 3.8) is 0 Å². The average Bonchev–Trinajstić information content (AvgIpc) is 1.99. The molecule has 1 atom stereocenters. The van der Waals surface area contributed by atoms with E-state index in [1.54, 1.807) is 0 Å². The Morgan fingerprint density at radius 3 is 2.18 bits per heavy atom. The lowest BCUT2D eigenvalue weighted by Gasteiger charge is -2.08. The Bertz CT molecular complexity index is 66.4. The summed E-state index contributed by atoms with van der Waals surface area (Å²) in [5.41, 5.74) is 0. The molecule has 1 unspecified atom stereocenters. The molecular weight excluding hydrogens is 132 g/mol. The Morgan fingerprint density at radius 1 is 0.909 bits per heavy atom. The Kier molecular flexibility index (Phi) is 8.10. The van der Waals surface area contributed by atoms with Crippen molar-refractivity contribution in [2.75, 3.05) is 0 Å². The van der Waals surface area contributed by atoms with Crippen LogP contribution in [0.15, 0.2) is 0 Å². The summed E-state index contributed by atoms with van der Waals surface area (Å²) in [4.78, 5) is 0. The quantitative estimate of drug-likeness (QED) is 0.486. The maximum atomic E-state index is 3.86. The molecule has 2 radical (unpaired) electrons. The molecule has 0 heteroatoms. The first-order valence-corrected chi connectivity index (χ1v) is 4.89. The monoisotopic (exact) mass is 154 g/mol. The van der Waals surface area contributed by atoms with Crippen molar-refractivity contribution in [3.8, 4) is 0 Å². The summed E-state index contributed by atoms with van der Waals surface area (Å²) in [7, 11) is 0. The van der Waals surface area contributed by atoms with Gasteiger partial charge in [0.15, 0.2) is 0 Å². The normalized spacial score (nSPS) is 13.4. The SMILES string of the molecule is [CH2]CCCCCC(C)CC[CH2]. The van der Waals surface area contributed by atoms with Crippen LogP contribution in [0.2, 0.25) is 0 Å². The van der Waals surface area contributed by atoms with E-state index in [2.05, 4.69) is 20.8 Å². The topological polar surface area (TPSA) is 0 Å². The van der Waals surface area contributed by atoms with Gasteiger partial charge >= 0.3 is 0 Å². The highest BCUT2D eigenvalue weighted by atomic mass is 14.0. The van der Waals surface area contributed by atoms with E-state index in [1.807, 2.05) is 0 Å². The lowest BCUT2D eigenvalue weighted by Crippen LogP contribution is -1.93. The van der Waals surface area contributed by atoms with Crippen LogP contribution in [-0.2, 0) is 0 Å². The lowest BCUT2D eigenvalue weighted by atomic mass is 9.98. The number of hydrogen-bond acceptors (Lipinski definition) is 0. The molecule has 0 aliphatic carbocycles. The van der Waals surface area contributed by atoms with Gasteiger partial charge < -0.3 is 0 Å². The largest absolute Gasteiger partial charge is 0.0625 e. The van der Waals surface area contributed by atoms with Gasteiger partial charge in [0.25, 0.3) is 0 Å². The zero-order valence-electron chi connectivity index (χ0n) is 7.94. The molecule has 0 saturated carbocycles. The first kappa shape index (κ1) is 11.0. The molecule has 0 N–H and O–H groups in total. The van der Waals surface area contributed by atoms with Crippen LogP contribution in [0.25, 0.3) is 0 Å². The zero-order chi connectivity index (χ0) is 8.53. The third kappa shape index (κ3) is 7.90. The molecular formula is C11H22. The number of hydrogen-bond donors (Lipinski definition) is 0. The van der Waals surface area contributed by atoms with Crippen molar-refractivity contribution in [2.24, 2.45) is 5.92 Å². The van der Waals surface area contributed by atoms with E-state index >= 15 is 0 Å². The molecule has 0 aromatic rings. The maximum absolute atomic E-state index is 3.86. The van der Waals surface area contributed by atoms with Crippen LogP contribution in [-0.4, -0.2) is 0 Å². The Morgan fingerprint density at radius 2 is 1.64 bits per heavy atom. The predicted octanol–water partition coefficient (Wildman–Crippen LogP) is 4.02. The summed E-state index contributed by atoms with van der Waals surface area (Å²) >= 11 is 0. The second-order valence-electron chi connectivity index (χ2n) is 3.45. The van der Waals surface area contributed by atoms with Gasteiger partial charge in [-0.05, 0) is 5.92 Å². The van der Waals surface area contributed by atoms with E-state index in [0.717, 1.165) is 18.8 Å². The molecule has 0 bridgehead atoms. The predicted molar refractivity (Wildman–Crippen MR) is 52.2 cm³/mol. The highest BCUT2D eigenvalue weighted by molar-refractivity contribution is 4.55. The van der Waals surface area contributed by atoms with Gasteiger partial charge in [-0.1, -0.05) is 65.7 Å². The average molecular weight is 154 g/mol. The van der Waals surface area contributed by atoms with Crippen molar-refractivity contribution in [3.05, 3.63) is 13.8 Å². The molecule has 11 heavy (non-hydrogen) atoms. The standard InChI is InChI=1S/C11H22/c1-4-6-7-8-10-11(3)9-5-2/h11H,1-2,4-10H2,3H3. The van der Waals surface area contributed by atoms with Gasteiger partial charge in [0.2, 0.25) is 0 Å². The maximum Gasteiger partial charge on any atom is -0.0443 e. The Balaban J connectivity index is 2.97. The molecule has 0 nitrogen and oxygen atoms in total. The third-order valence-electron chi connectivity index (χ3n) is 2.14. The highest BCUT2D eigenvalue weighted by Gasteiger charge is 1.98. The van der Waals surface area contributed by atoms with E-state index in [-0.39, 0.29) is 0 Å². The van der Waals surface area contributed by atoms with Crippen LogP contribution in [0.5, 0.6) is 0 Å². The van der Waals surface area contributed by atoms with Crippen molar-refractivity contribution < 1.29 is 0 Å². The fourth-order valence-electron chi connectivity index (χ4n) is 1.34. The first-order chi connectivity index (χ1) is 5.31. The molecule has 0 aromatic heterocycles. The van der Waals surface area contributed by atoms with Gasteiger partial charge in [-0.3, -0.25) is 0 Å². The van der Waals surface area contributed by atoms with E-state index in [1.165, 1.54) is 32.1 Å². The molecule has 0 aliphatic heterocycles. The summed E-state index contributed by atoms with van der Waals surface area (Å²) in [6, 6.07) is 0. The van der Waals surface area contributed by atoms with Crippen molar-refractivity contribution >= 4 is 0 Å². The smallest absolute Gasteiger partial charge is 0.0443 e. The van der Waals surface area contributed by atoms with E-state index in [4.69, 9.17) is 0 Å². The lowest BCUT2D eigenvalue weighted by molar-refractivity contribution is 0.464. The molecule has 0 aliphatic rings. The Labute approximate surface area is 72.4 Å². The molecule has 0 fully saturated rings. The van der Waals surface area contributed by atoms with Gasteiger partial charge in [-0.2, -0.15) is 0 Å². The summed E-state index contributed by atoms with van der Waals surface area (Å²) in [6.07, 6.45) is 8.93. The van der Waals surface area contributed by atoms with Crippen LogP contribution in [0, 0.1) is 19.8 Å².